The second-order valence-corrected chi connectivity index (χ2v) is 8.11. The second-order valence-electron chi connectivity index (χ2n) is 7.30. The van der Waals surface area contributed by atoms with Crippen LogP contribution in [0.25, 0.3) is 11.1 Å². The minimum absolute atomic E-state index is 0.166. The van der Waals surface area contributed by atoms with Crippen LogP contribution >= 0.6 is 11.8 Å². The number of nitrogens with zero attached hydrogens (tertiary/aromatic N) is 2. The highest BCUT2D eigenvalue weighted by Gasteiger charge is 2.44. The number of anilines is 2. The van der Waals surface area contributed by atoms with Crippen LogP contribution in [0.1, 0.15) is 12.8 Å². The summed E-state index contributed by atoms with van der Waals surface area (Å²) >= 11 is 1.75. The first kappa shape index (κ1) is 15.5. The van der Waals surface area contributed by atoms with Gasteiger partial charge < -0.3 is 4.90 Å². The van der Waals surface area contributed by atoms with E-state index in [4.69, 9.17) is 0 Å². The van der Waals surface area contributed by atoms with Crippen molar-refractivity contribution >= 4 is 29.0 Å². The SMILES string of the molecule is CSc1c2ccc(-c3ccccc3)c1N2C(=O)C1CN2CCC1CC2. The van der Waals surface area contributed by atoms with Crippen LogP contribution in [0.4, 0.5) is 11.4 Å². The maximum Gasteiger partial charge on any atom is 0.236 e. The fraction of sp³-hybridized carbons (Fsp3) is 0.381. The number of amides is 1. The highest BCUT2D eigenvalue weighted by molar-refractivity contribution is 7.99. The maximum atomic E-state index is 13.4. The van der Waals surface area contributed by atoms with Crippen molar-refractivity contribution in [2.24, 2.45) is 11.8 Å². The van der Waals surface area contributed by atoms with E-state index in [0.29, 0.717) is 11.8 Å². The molecule has 4 heterocycles. The smallest absolute Gasteiger partial charge is 0.236 e. The molecule has 4 heteroatoms. The topological polar surface area (TPSA) is 23.6 Å². The Kier molecular flexibility index (Phi) is 3.64. The van der Waals surface area contributed by atoms with Crippen molar-refractivity contribution in [2.45, 2.75) is 17.7 Å². The fourth-order valence-corrected chi connectivity index (χ4v) is 5.48. The third kappa shape index (κ3) is 2.27. The zero-order valence-corrected chi connectivity index (χ0v) is 15.3. The van der Waals surface area contributed by atoms with E-state index in [1.807, 2.05) is 11.0 Å². The molecule has 4 aliphatic heterocycles. The van der Waals surface area contributed by atoms with Gasteiger partial charge in [0, 0.05) is 12.1 Å². The number of thioether (sulfide) groups is 1. The molecular formula is C21H22N2OS. The van der Waals surface area contributed by atoms with E-state index in [-0.39, 0.29) is 5.92 Å². The average molecular weight is 350 g/mol. The maximum absolute atomic E-state index is 13.4. The Hall–Kier alpha value is -1.78. The number of piperidine rings is 3. The molecule has 6 rings (SSSR count). The Morgan fingerprint density at radius 2 is 1.84 bits per heavy atom. The first-order valence-electron chi connectivity index (χ1n) is 9.10. The number of benzene rings is 2. The predicted octanol–water partition coefficient (Wildman–Crippen LogP) is 4.40. The third-order valence-corrected chi connectivity index (χ3v) is 6.87. The quantitative estimate of drug-likeness (QED) is 0.767. The van der Waals surface area contributed by atoms with Crippen molar-refractivity contribution in [3.05, 3.63) is 42.5 Å². The largest absolute Gasteiger partial charge is 0.303 e. The molecule has 1 unspecified atom stereocenters. The molecule has 0 saturated carbocycles. The van der Waals surface area contributed by atoms with Crippen LogP contribution < -0.4 is 4.90 Å². The van der Waals surface area contributed by atoms with Gasteiger partial charge in [-0.2, -0.15) is 0 Å². The molecule has 128 valence electrons. The van der Waals surface area contributed by atoms with E-state index in [0.717, 1.165) is 17.9 Å². The van der Waals surface area contributed by atoms with E-state index in [9.17, 15) is 4.79 Å². The zero-order valence-electron chi connectivity index (χ0n) is 14.4. The van der Waals surface area contributed by atoms with E-state index < -0.39 is 0 Å². The zero-order chi connectivity index (χ0) is 17.0. The normalized spacial score (nSPS) is 26.4. The minimum Gasteiger partial charge on any atom is -0.303 e. The van der Waals surface area contributed by atoms with E-state index >= 15 is 0 Å². The predicted molar refractivity (Wildman–Crippen MR) is 103 cm³/mol. The Morgan fingerprint density at radius 3 is 2.48 bits per heavy atom. The summed E-state index contributed by atoms with van der Waals surface area (Å²) in [5, 5.41) is 0. The highest BCUT2D eigenvalue weighted by Crippen LogP contribution is 2.55. The molecule has 1 atom stereocenters. The summed E-state index contributed by atoms with van der Waals surface area (Å²) in [6.07, 6.45) is 4.46. The van der Waals surface area contributed by atoms with Gasteiger partial charge in [0.2, 0.25) is 5.91 Å². The van der Waals surface area contributed by atoms with Crippen molar-refractivity contribution in [2.75, 3.05) is 30.8 Å². The van der Waals surface area contributed by atoms with E-state index in [1.165, 1.54) is 42.0 Å². The third-order valence-electron chi connectivity index (χ3n) is 6.06. The van der Waals surface area contributed by atoms with Crippen LogP contribution in [0, 0.1) is 11.8 Å². The first-order valence-corrected chi connectivity index (χ1v) is 10.3. The first-order chi connectivity index (χ1) is 12.3. The molecule has 25 heavy (non-hydrogen) atoms. The van der Waals surface area contributed by atoms with Gasteiger partial charge in [-0.3, -0.25) is 9.69 Å². The van der Waals surface area contributed by atoms with Crippen molar-refractivity contribution in [1.29, 1.82) is 0 Å². The summed E-state index contributed by atoms with van der Waals surface area (Å²) in [6, 6.07) is 14.7. The van der Waals surface area contributed by atoms with Gasteiger partial charge in [-0.05, 0) is 49.7 Å². The molecule has 4 bridgehead atoms. The molecule has 0 aliphatic carbocycles. The standard InChI is InChI=1S/C21H22N2OS/c1-25-20-18-8-7-16(14-5-3-2-4-6-14)19(20)23(18)21(24)17-13-22-11-9-15(17)10-12-22/h2-8,15,17H,9-13H2,1H3. The molecule has 0 radical (unpaired) electrons. The lowest BCUT2D eigenvalue weighted by Crippen LogP contribution is -2.53. The summed E-state index contributed by atoms with van der Waals surface area (Å²) in [6.45, 7) is 3.29. The lowest BCUT2D eigenvalue weighted by atomic mass is 9.77. The van der Waals surface area contributed by atoms with Gasteiger partial charge in [0.05, 0.1) is 22.2 Å². The van der Waals surface area contributed by atoms with Crippen molar-refractivity contribution < 1.29 is 4.79 Å². The van der Waals surface area contributed by atoms with Crippen LogP contribution in [0.2, 0.25) is 0 Å². The number of carbonyl (C=O) groups excluding carboxylic acids is 1. The molecular weight excluding hydrogens is 328 g/mol. The summed E-state index contributed by atoms with van der Waals surface area (Å²) in [5.74, 6) is 1.05. The molecule has 1 amide bonds. The Bertz CT molecular complexity index is 827. The van der Waals surface area contributed by atoms with E-state index in [2.05, 4.69) is 47.6 Å². The van der Waals surface area contributed by atoms with Crippen molar-refractivity contribution in [1.82, 2.24) is 4.90 Å². The molecule has 3 nitrogen and oxygen atoms in total. The van der Waals surface area contributed by atoms with Crippen LogP contribution in [0.15, 0.2) is 47.4 Å². The number of rotatable bonds is 3. The number of hydrogen-bond acceptors (Lipinski definition) is 3. The van der Waals surface area contributed by atoms with Gasteiger partial charge in [-0.15, -0.1) is 11.8 Å². The van der Waals surface area contributed by atoms with Gasteiger partial charge in [-0.25, -0.2) is 0 Å². The average Bonchev–Trinajstić information content (AvgIpc) is 2.69. The fourth-order valence-electron chi connectivity index (χ4n) is 4.72. The summed E-state index contributed by atoms with van der Waals surface area (Å²) in [5.41, 5.74) is 4.58. The van der Waals surface area contributed by atoms with E-state index in [1.54, 1.807) is 11.8 Å². The molecule has 2 aromatic carbocycles. The van der Waals surface area contributed by atoms with Gasteiger partial charge in [0.25, 0.3) is 0 Å². The molecule has 0 spiro atoms. The van der Waals surface area contributed by atoms with Crippen LogP contribution in [-0.4, -0.2) is 36.7 Å². The minimum atomic E-state index is 0.166. The lowest BCUT2D eigenvalue weighted by molar-refractivity contribution is -0.127. The molecule has 0 N–H and O–H groups in total. The van der Waals surface area contributed by atoms with Crippen LogP contribution in [-0.2, 0) is 4.79 Å². The monoisotopic (exact) mass is 350 g/mol. The number of carbonyl (C=O) groups is 1. The molecule has 3 saturated heterocycles. The van der Waals surface area contributed by atoms with Crippen molar-refractivity contribution in [3.8, 4) is 11.1 Å². The van der Waals surface area contributed by atoms with Gasteiger partial charge in [0.15, 0.2) is 0 Å². The summed E-state index contributed by atoms with van der Waals surface area (Å²) in [7, 11) is 0. The summed E-state index contributed by atoms with van der Waals surface area (Å²) in [4.78, 5) is 19.1. The Morgan fingerprint density at radius 1 is 1.08 bits per heavy atom. The van der Waals surface area contributed by atoms with Crippen LogP contribution in [0.5, 0.6) is 0 Å². The number of hydrogen-bond donors (Lipinski definition) is 0. The second kappa shape index (κ2) is 5.89. The molecule has 2 aromatic rings. The molecule has 4 aliphatic rings. The van der Waals surface area contributed by atoms with Crippen LogP contribution in [0.3, 0.4) is 0 Å². The van der Waals surface area contributed by atoms with Gasteiger partial charge in [-0.1, -0.05) is 36.4 Å². The highest BCUT2D eigenvalue weighted by atomic mass is 32.2. The Balaban J connectivity index is 1.52. The lowest BCUT2D eigenvalue weighted by Gasteiger charge is -2.47. The molecule has 3 fully saturated rings. The van der Waals surface area contributed by atoms with Crippen molar-refractivity contribution in [3.63, 3.8) is 0 Å². The van der Waals surface area contributed by atoms with Gasteiger partial charge in [0.1, 0.15) is 0 Å². The Labute approximate surface area is 153 Å². The number of fused-ring (bicyclic) bond motifs is 5. The summed E-state index contributed by atoms with van der Waals surface area (Å²) < 4.78 is 0. The van der Waals surface area contributed by atoms with Gasteiger partial charge >= 0.3 is 0 Å². The molecule has 0 aromatic heterocycles.